The van der Waals surface area contributed by atoms with Crippen LogP contribution in [0.15, 0.2) is 48.5 Å². The standard InChI is InChI=1S/C21H24N2O2/c24-21(23-12-11-18-3-1-2-4-20(18)23)10-7-17-5-8-19(9-6-17)22-13-15-25-16-14-22/h1-6,8-9H,7,10-16H2. The van der Waals surface area contributed by atoms with Crippen LogP contribution in [0, 0.1) is 0 Å². The number of rotatable bonds is 4. The van der Waals surface area contributed by atoms with E-state index in [4.69, 9.17) is 4.74 Å². The molecular formula is C21H24N2O2. The van der Waals surface area contributed by atoms with Crippen LogP contribution in [0.3, 0.4) is 0 Å². The van der Waals surface area contributed by atoms with E-state index in [1.165, 1.54) is 16.8 Å². The summed E-state index contributed by atoms with van der Waals surface area (Å²) in [5, 5.41) is 0. The highest BCUT2D eigenvalue weighted by Gasteiger charge is 2.23. The van der Waals surface area contributed by atoms with Crippen LogP contribution >= 0.6 is 0 Å². The normalized spacial score (nSPS) is 16.8. The Kier molecular flexibility index (Phi) is 4.70. The fourth-order valence-corrected chi connectivity index (χ4v) is 3.68. The van der Waals surface area contributed by atoms with E-state index in [-0.39, 0.29) is 5.91 Å². The zero-order chi connectivity index (χ0) is 17.1. The predicted octanol–water partition coefficient (Wildman–Crippen LogP) is 3.05. The number of carbonyl (C=O) groups is 1. The van der Waals surface area contributed by atoms with Crippen molar-refractivity contribution in [3.05, 3.63) is 59.7 Å². The molecule has 4 nitrogen and oxygen atoms in total. The Morgan fingerprint density at radius 3 is 2.52 bits per heavy atom. The topological polar surface area (TPSA) is 32.8 Å². The maximum atomic E-state index is 12.6. The van der Waals surface area contributed by atoms with Crippen LogP contribution in [-0.2, 0) is 22.4 Å². The molecule has 25 heavy (non-hydrogen) atoms. The van der Waals surface area contributed by atoms with E-state index in [9.17, 15) is 4.79 Å². The second-order valence-corrected chi connectivity index (χ2v) is 6.69. The van der Waals surface area contributed by atoms with E-state index < -0.39 is 0 Å². The number of anilines is 2. The Balaban J connectivity index is 1.34. The van der Waals surface area contributed by atoms with Crippen LogP contribution in [0.1, 0.15) is 17.5 Å². The number of ether oxygens (including phenoxy) is 1. The summed E-state index contributed by atoms with van der Waals surface area (Å²) in [5.74, 6) is 0.224. The van der Waals surface area contributed by atoms with Crippen molar-refractivity contribution >= 4 is 17.3 Å². The van der Waals surface area contributed by atoms with Gasteiger partial charge in [-0.05, 0) is 42.2 Å². The molecule has 1 amide bonds. The number of benzene rings is 2. The highest BCUT2D eigenvalue weighted by Crippen LogP contribution is 2.28. The Morgan fingerprint density at radius 2 is 1.72 bits per heavy atom. The average Bonchev–Trinajstić information content (AvgIpc) is 3.11. The largest absolute Gasteiger partial charge is 0.378 e. The van der Waals surface area contributed by atoms with Crippen LogP contribution in [0.5, 0.6) is 0 Å². The first kappa shape index (κ1) is 16.2. The minimum absolute atomic E-state index is 0.224. The van der Waals surface area contributed by atoms with Crippen molar-refractivity contribution in [2.75, 3.05) is 42.6 Å². The smallest absolute Gasteiger partial charge is 0.227 e. The van der Waals surface area contributed by atoms with Crippen molar-refractivity contribution in [1.29, 1.82) is 0 Å². The van der Waals surface area contributed by atoms with Crippen LogP contribution in [-0.4, -0.2) is 38.8 Å². The molecule has 130 valence electrons. The van der Waals surface area contributed by atoms with Crippen LogP contribution < -0.4 is 9.80 Å². The molecule has 0 radical (unpaired) electrons. The number of hydrogen-bond acceptors (Lipinski definition) is 3. The maximum Gasteiger partial charge on any atom is 0.227 e. The molecule has 0 saturated carbocycles. The molecule has 0 N–H and O–H groups in total. The second-order valence-electron chi connectivity index (χ2n) is 6.69. The number of amides is 1. The third-order valence-corrected chi connectivity index (χ3v) is 5.13. The minimum atomic E-state index is 0.224. The fraction of sp³-hybridized carbons (Fsp3) is 0.381. The first-order chi connectivity index (χ1) is 12.3. The van der Waals surface area contributed by atoms with Crippen LogP contribution in [0.2, 0.25) is 0 Å². The van der Waals surface area contributed by atoms with Gasteiger partial charge in [0.25, 0.3) is 0 Å². The fourth-order valence-electron chi connectivity index (χ4n) is 3.68. The van der Waals surface area contributed by atoms with E-state index in [0.29, 0.717) is 6.42 Å². The van der Waals surface area contributed by atoms with Gasteiger partial charge in [-0.25, -0.2) is 0 Å². The molecule has 2 aliphatic heterocycles. The molecule has 0 bridgehead atoms. The van der Waals surface area contributed by atoms with Gasteiger partial charge in [0, 0.05) is 37.4 Å². The quantitative estimate of drug-likeness (QED) is 0.860. The molecule has 1 fully saturated rings. The lowest BCUT2D eigenvalue weighted by molar-refractivity contribution is -0.118. The molecule has 2 aromatic rings. The van der Waals surface area contributed by atoms with Crippen molar-refractivity contribution in [1.82, 2.24) is 0 Å². The molecule has 2 aromatic carbocycles. The first-order valence-corrected chi connectivity index (χ1v) is 9.11. The summed E-state index contributed by atoms with van der Waals surface area (Å²) in [6.07, 6.45) is 2.32. The summed E-state index contributed by atoms with van der Waals surface area (Å²) in [6, 6.07) is 16.8. The van der Waals surface area contributed by atoms with Crippen molar-refractivity contribution in [2.45, 2.75) is 19.3 Å². The van der Waals surface area contributed by atoms with Crippen LogP contribution in [0.25, 0.3) is 0 Å². The molecular weight excluding hydrogens is 312 g/mol. The molecule has 4 heteroatoms. The van der Waals surface area contributed by atoms with E-state index in [0.717, 1.165) is 51.4 Å². The van der Waals surface area contributed by atoms with Gasteiger partial charge in [0.2, 0.25) is 5.91 Å². The average molecular weight is 336 g/mol. The Hall–Kier alpha value is -2.33. The van der Waals surface area contributed by atoms with Gasteiger partial charge in [-0.15, -0.1) is 0 Å². The molecule has 2 aliphatic rings. The highest BCUT2D eigenvalue weighted by atomic mass is 16.5. The number of morpholine rings is 1. The monoisotopic (exact) mass is 336 g/mol. The second kappa shape index (κ2) is 7.28. The zero-order valence-corrected chi connectivity index (χ0v) is 14.5. The van der Waals surface area contributed by atoms with E-state index >= 15 is 0 Å². The third-order valence-electron chi connectivity index (χ3n) is 5.13. The minimum Gasteiger partial charge on any atom is -0.378 e. The molecule has 0 spiro atoms. The van der Waals surface area contributed by atoms with Gasteiger partial charge in [0.1, 0.15) is 0 Å². The Labute approximate surface area is 149 Å². The highest BCUT2D eigenvalue weighted by molar-refractivity contribution is 5.95. The van der Waals surface area contributed by atoms with Crippen molar-refractivity contribution < 1.29 is 9.53 Å². The number of aryl methyl sites for hydroxylation is 1. The Morgan fingerprint density at radius 1 is 0.960 bits per heavy atom. The van der Waals surface area contributed by atoms with Gasteiger partial charge in [0.05, 0.1) is 13.2 Å². The molecule has 0 aromatic heterocycles. The van der Waals surface area contributed by atoms with Crippen molar-refractivity contribution in [3.63, 3.8) is 0 Å². The first-order valence-electron chi connectivity index (χ1n) is 9.11. The SMILES string of the molecule is O=C(CCc1ccc(N2CCOCC2)cc1)N1CCc2ccccc21. The van der Waals surface area contributed by atoms with Gasteiger partial charge < -0.3 is 14.5 Å². The molecule has 2 heterocycles. The van der Waals surface area contributed by atoms with Gasteiger partial charge in [-0.3, -0.25) is 4.79 Å². The van der Waals surface area contributed by atoms with Gasteiger partial charge in [-0.1, -0.05) is 30.3 Å². The summed E-state index contributed by atoms with van der Waals surface area (Å²) in [7, 11) is 0. The van der Waals surface area contributed by atoms with Crippen LogP contribution in [0.4, 0.5) is 11.4 Å². The molecule has 1 saturated heterocycles. The number of fused-ring (bicyclic) bond motifs is 1. The lowest BCUT2D eigenvalue weighted by Gasteiger charge is -2.28. The number of hydrogen-bond donors (Lipinski definition) is 0. The lowest BCUT2D eigenvalue weighted by atomic mass is 10.1. The zero-order valence-electron chi connectivity index (χ0n) is 14.5. The van der Waals surface area contributed by atoms with Crippen molar-refractivity contribution in [3.8, 4) is 0 Å². The van der Waals surface area contributed by atoms with E-state index in [2.05, 4.69) is 41.3 Å². The Bertz CT molecular complexity index is 736. The maximum absolute atomic E-state index is 12.6. The van der Waals surface area contributed by atoms with Gasteiger partial charge in [0.15, 0.2) is 0 Å². The van der Waals surface area contributed by atoms with Crippen molar-refractivity contribution in [2.24, 2.45) is 0 Å². The summed E-state index contributed by atoms with van der Waals surface area (Å²) in [4.78, 5) is 16.9. The van der Waals surface area contributed by atoms with Gasteiger partial charge in [-0.2, -0.15) is 0 Å². The lowest BCUT2D eigenvalue weighted by Crippen LogP contribution is -2.36. The molecule has 0 aliphatic carbocycles. The molecule has 0 atom stereocenters. The van der Waals surface area contributed by atoms with E-state index in [1.54, 1.807) is 0 Å². The summed E-state index contributed by atoms with van der Waals surface area (Å²) >= 11 is 0. The number of nitrogens with zero attached hydrogens (tertiary/aromatic N) is 2. The molecule has 0 unspecified atom stereocenters. The van der Waals surface area contributed by atoms with E-state index in [1.807, 2.05) is 17.0 Å². The summed E-state index contributed by atoms with van der Waals surface area (Å²) in [6.45, 7) is 4.31. The number of carbonyl (C=O) groups excluding carboxylic acids is 1. The molecule has 4 rings (SSSR count). The summed E-state index contributed by atoms with van der Waals surface area (Å²) < 4.78 is 5.40. The predicted molar refractivity (Wildman–Crippen MR) is 100 cm³/mol. The van der Waals surface area contributed by atoms with Gasteiger partial charge >= 0.3 is 0 Å². The summed E-state index contributed by atoms with van der Waals surface area (Å²) in [5.41, 5.74) is 4.84. The third kappa shape index (κ3) is 3.54. The number of para-hydroxylation sites is 1.